The molecule has 2 atom stereocenters. The smallest absolute Gasteiger partial charge is 0.484 e. The average Bonchev–Trinajstić information content (AvgIpc) is 3.19. The molecule has 0 radical (unpaired) electrons. The predicted molar refractivity (Wildman–Crippen MR) is 99.5 cm³/mol. The largest absolute Gasteiger partial charge is 0.490 e. The zero-order chi connectivity index (χ0) is 23.2. The van der Waals surface area contributed by atoms with Crippen molar-refractivity contribution in [3.8, 4) is 11.8 Å². The number of primary amides is 1. The maximum absolute atomic E-state index is 12.7. The van der Waals surface area contributed by atoms with Crippen LogP contribution in [0, 0.1) is 11.3 Å². The molecule has 0 aromatic heterocycles. The van der Waals surface area contributed by atoms with Crippen molar-refractivity contribution in [3.63, 3.8) is 0 Å². The first-order chi connectivity index (χ1) is 14.5. The van der Waals surface area contributed by atoms with Gasteiger partial charge in [0.25, 0.3) is 5.91 Å². The van der Waals surface area contributed by atoms with Gasteiger partial charge < -0.3 is 25.8 Å². The van der Waals surface area contributed by atoms with Gasteiger partial charge in [-0.2, -0.15) is 18.4 Å². The van der Waals surface area contributed by atoms with Gasteiger partial charge in [-0.15, -0.1) is 0 Å². The molecule has 0 saturated carbocycles. The van der Waals surface area contributed by atoms with Crippen molar-refractivity contribution in [1.82, 2.24) is 10.2 Å². The van der Waals surface area contributed by atoms with Gasteiger partial charge in [-0.25, -0.2) is 4.79 Å². The molecule has 2 amide bonds. The lowest BCUT2D eigenvalue weighted by atomic mass is 9.94. The van der Waals surface area contributed by atoms with Crippen molar-refractivity contribution >= 4 is 17.8 Å². The highest BCUT2D eigenvalue weighted by Crippen LogP contribution is 2.25. The maximum atomic E-state index is 12.7. The van der Waals surface area contributed by atoms with Crippen molar-refractivity contribution in [1.29, 1.82) is 5.26 Å². The molecule has 2 aliphatic rings. The molecular formula is C19H21F3N4O5. The van der Waals surface area contributed by atoms with Gasteiger partial charge in [-0.1, -0.05) is 6.07 Å². The molecule has 1 aromatic rings. The number of ether oxygens (including phenoxy) is 1. The quantitative estimate of drug-likeness (QED) is 0.623. The molecule has 9 nitrogen and oxygen atoms in total. The third kappa shape index (κ3) is 6.58. The Balaban J connectivity index is 0.000000423. The van der Waals surface area contributed by atoms with Crippen LogP contribution < -0.4 is 15.8 Å². The summed E-state index contributed by atoms with van der Waals surface area (Å²) in [6, 6.07) is 7.16. The highest BCUT2D eigenvalue weighted by Gasteiger charge is 2.38. The van der Waals surface area contributed by atoms with Gasteiger partial charge in [0.1, 0.15) is 11.8 Å². The number of hydrogen-bond acceptors (Lipinski definition) is 6. The number of alkyl halides is 3. The summed E-state index contributed by atoms with van der Waals surface area (Å²) in [6.45, 7) is 1.05. The number of carbonyl (C=O) groups is 3. The van der Waals surface area contributed by atoms with E-state index in [1.54, 1.807) is 11.0 Å². The summed E-state index contributed by atoms with van der Waals surface area (Å²) in [4.78, 5) is 34.0. The van der Waals surface area contributed by atoms with Gasteiger partial charge in [0.15, 0.2) is 6.61 Å². The number of carboxylic acid groups (broad SMARTS) is 1. The van der Waals surface area contributed by atoms with E-state index in [4.69, 9.17) is 25.6 Å². The molecule has 0 bridgehead atoms. The lowest BCUT2D eigenvalue weighted by Crippen LogP contribution is -2.50. The summed E-state index contributed by atoms with van der Waals surface area (Å²) in [6.07, 6.45) is -2.86. The molecule has 168 valence electrons. The first kappa shape index (κ1) is 23.9. The van der Waals surface area contributed by atoms with Crippen molar-refractivity contribution < 1.29 is 37.4 Å². The molecule has 4 N–H and O–H groups in total. The number of amides is 2. The number of halogens is 3. The van der Waals surface area contributed by atoms with Crippen molar-refractivity contribution in [2.45, 2.75) is 44.1 Å². The van der Waals surface area contributed by atoms with Gasteiger partial charge in [0.2, 0.25) is 5.91 Å². The predicted octanol–water partition coefficient (Wildman–Crippen LogP) is 0.713. The third-order valence-corrected chi connectivity index (χ3v) is 4.75. The summed E-state index contributed by atoms with van der Waals surface area (Å²) in [5.74, 6) is -2.69. The SMILES string of the molecule is N#CC1CCCN1C(=O)[C@@H]1Cc2ccc(OCC(N)=O)cc2CN1.O=C(O)C(F)(F)F. The lowest BCUT2D eigenvalue weighted by molar-refractivity contribution is -0.192. The Morgan fingerprint density at radius 1 is 1.32 bits per heavy atom. The highest BCUT2D eigenvalue weighted by molar-refractivity contribution is 5.83. The van der Waals surface area contributed by atoms with Crippen LogP contribution >= 0.6 is 0 Å². The van der Waals surface area contributed by atoms with E-state index in [-0.39, 0.29) is 24.6 Å². The van der Waals surface area contributed by atoms with E-state index in [0.29, 0.717) is 25.3 Å². The van der Waals surface area contributed by atoms with Crippen LogP contribution in [0.15, 0.2) is 18.2 Å². The number of benzene rings is 1. The van der Waals surface area contributed by atoms with Gasteiger partial charge in [-0.05, 0) is 42.5 Å². The van der Waals surface area contributed by atoms with Gasteiger partial charge in [-0.3, -0.25) is 9.59 Å². The number of aliphatic carboxylic acids is 1. The molecule has 1 fully saturated rings. The van der Waals surface area contributed by atoms with E-state index in [0.717, 1.165) is 24.0 Å². The second kappa shape index (κ2) is 10.1. The number of hydrogen-bond donors (Lipinski definition) is 3. The summed E-state index contributed by atoms with van der Waals surface area (Å²) in [7, 11) is 0. The van der Waals surface area contributed by atoms with E-state index in [9.17, 15) is 22.8 Å². The average molecular weight is 442 g/mol. The summed E-state index contributed by atoms with van der Waals surface area (Å²) in [5, 5.41) is 19.5. The molecule has 1 saturated heterocycles. The Hall–Kier alpha value is -3.33. The molecule has 1 unspecified atom stereocenters. The van der Waals surface area contributed by atoms with Crippen LogP contribution in [-0.2, 0) is 27.3 Å². The molecule has 12 heteroatoms. The second-order valence-electron chi connectivity index (χ2n) is 6.94. The fourth-order valence-corrected chi connectivity index (χ4v) is 3.27. The van der Waals surface area contributed by atoms with Crippen LogP contribution in [0.25, 0.3) is 0 Å². The molecule has 0 aliphatic carbocycles. The number of carboxylic acids is 1. The Morgan fingerprint density at radius 2 is 2.00 bits per heavy atom. The minimum absolute atomic E-state index is 0.00115. The fraction of sp³-hybridized carbons (Fsp3) is 0.474. The molecule has 3 rings (SSSR count). The molecular weight excluding hydrogens is 421 g/mol. The van der Waals surface area contributed by atoms with E-state index in [2.05, 4.69) is 11.4 Å². The van der Waals surface area contributed by atoms with E-state index in [1.165, 1.54) is 0 Å². The number of fused-ring (bicyclic) bond motifs is 1. The van der Waals surface area contributed by atoms with E-state index >= 15 is 0 Å². The van der Waals surface area contributed by atoms with E-state index in [1.807, 2.05) is 12.1 Å². The van der Waals surface area contributed by atoms with E-state index < -0.39 is 18.1 Å². The number of nitrogens with one attached hydrogen (secondary N) is 1. The normalized spacial score (nSPS) is 20.0. The Kier molecular flexibility index (Phi) is 7.82. The van der Waals surface area contributed by atoms with Crippen molar-refractivity contribution in [2.75, 3.05) is 13.2 Å². The van der Waals surface area contributed by atoms with Crippen LogP contribution in [0.1, 0.15) is 24.0 Å². The molecule has 2 aliphatic heterocycles. The lowest BCUT2D eigenvalue weighted by Gasteiger charge is -2.30. The van der Waals surface area contributed by atoms with Gasteiger partial charge in [0.05, 0.1) is 12.1 Å². The standard InChI is InChI=1S/C17H20N4O3.C2HF3O2/c18-8-13-2-1-5-21(13)17(23)15-7-11-3-4-14(24-10-16(19)22)6-12(11)9-20-15;3-2(4,5)1(6)7/h3-4,6,13,15,20H,1-2,5,7,9-10H2,(H2,19,22);(H,6,7)/t13?,15-;/m0./s1. The number of nitrogens with two attached hydrogens (primary N) is 1. The number of rotatable bonds is 4. The first-order valence-electron chi connectivity index (χ1n) is 9.29. The molecule has 2 heterocycles. The van der Waals surface area contributed by atoms with Crippen molar-refractivity contribution in [2.24, 2.45) is 5.73 Å². The van der Waals surface area contributed by atoms with Crippen LogP contribution in [0.4, 0.5) is 13.2 Å². The fourth-order valence-electron chi connectivity index (χ4n) is 3.27. The minimum Gasteiger partial charge on any atom is -0.484 e. The first-order valence-corrected chi connectivity index (χ1v) is 9.29. The van der Waals surface area contributed by atoms with Gasteiger partial charge >= 0.3 is 12.1 Å². The third-order valence-electron chi connectivity index (χ3n) is 4.75. The Bertz CT molecular complexity index is 884. The number of nitriles is 1. The van der Waals surface area contributed by atoms with Crippen LogP contribution in [-0.4, -0.2) is 59.2 Å². The monoisotopic (exact) mass is 442 g/mol. The summed E-state index contributed by atoms with van der Waals surface area (Å²) in [5.41, 5.74) is 7.19. The van der Waals surface area contributed by atoms with Crippen LogP contribution in [0.5, 0.6) is 5.75 Å². The number of likely N-dealkylation sites (tertiary alicyclic amines) is 1. The highest BCUT2D eigenvalue weighted by atomic mass is 19.4. The van der Waals surface area contributed by atoms with Crippen molar-refractivity contribution in [3.05, 3.63) is 29.3 Å². The summed E-state index contributed by atoms with van der Waals surface area (Å²) >= 11 is 0. The number of carbonyl (C=O) groups excluding carboxylic acids is 2. The second-order valence-corrected chi connectivity index (χ2v) is 6.94. The zero-order valence-corrected chi connectivity index (χ0v) is 16.3. The summed E-state index contributed by atoms with van der Waals surface area (Å²) < 4.78 is 37.0. The molecule has 31 heavy (non-hydrogen) atoms. The number of nitrogens with zero attached hydrogens (tertiary/aromatic N) is 2. The van der Waals surface area contributed by atoms with Crippen LogP contribution in [0.2, 0.25) is 0 Å². The molecule has 1 aromatic carbocycles. The maximum Gasteiger partial charge on any atom is 0.490 e. The Morgan fingerprint density at radius 3 is 2.58 bits per heavy atom. The van der Waals surface area contributed by atoms with Crippen LogP contribution in [0.3, 0.4) is 0 Å². The molecule has 0 spiro atoms. The topological polar surface area (TPSA) is 146 Å². The zero-order valence-electron chi connectivity index (χ0n) is 16.3. The Labute approximate surface area is 175 Å². The minimum atomic E-state index is -5.08. The van der Waals surface area contributed by atoms with Gasteiger partial charge in [0, 0.05) is 13.1 Å².